The molecule has 0 spiro atoms. The summed E-state index contributed by atoms with van der Waals surface area (Å²) in [6, 6.07) is 21.3. The van der Waals surface area contributed by atoms with E-state index in [1.807, 2.05) is 60.7 Å². The van der Waals surface area contributed by atoms with Gasteiger partial charge in [-0.05, 0) is 12.1 Å². The van der Waals surface area contributed by atoms with Crippen molar-refractivity contribution in [3.8, 4) is 28.3 Å². The van der Waals surface area contributed by atoms with E-state index in [-0.39, 0.29) is 18.2 Å². The molecule has 0 atom stereocenters. The predicted molar refractivity (Wildman–Crippen MR) is 136 cm³/mol. The lowest BCUT2D eigenvalue weighted by Crippen LogP contribution is -2.16. The van der Waals surface area contributed by atoms with E-state index >= 15 is 0 Å². The highest BCUT2D eigenvalue weighted by atomic mass is 79.9. The summed E-state index contributed by atoms with van der Waals surface area (Å²) >= 11 is 3.29. The summed E-state index contributed by atoms with van der Waals surface area (Å²) in [6.45, 7) is -0.187. The van der Waals surface area contributed by atoms with Crippen LogP contribution in [0.15, 0.2) is 94.2 Å². The largest absolute Gasteiger partial charge is 0.481 e. The number of hydrogen-bond donors (Lipinski definition) is 1. The summed E-state index contributed by atoms with van der Waals surface area (Å²) in [5.74, 6) is -2.81. The molecule has 7 nitrogen and oxygen atoms in total. The standard InChI is InChI=1S/C17H12F2N2O3.C10H8BrNO/c18-11-6-7-13(16(19)15(11)17(20)22)23-9-14-21-12(8-24-14)10-4-2-1-3-5-10;11-6-10-12-9(7-13-10)8-4-2-1-3-5-8/h1-8H,9H2,(H2,20,22);1-5,7H,6H2. The molecule has 0 aliphatic heterocycles. The minimum atomic E-state index is -1.21. The molecule has 0 saturated carbocycles. The van der Waals surface area contributed by atoms with Crippen molar-refractivity contribution in [3.05, 3.63) is 114 Å². The van der Waals surface area contributed by atoms with Gasteiger partial charge >= 0.3 is 0 Å². The van der Waals surface area contributed by atoms with Crippen molar-refractivity contribution in [2.45, 2.75) is 11.9 Å². The quantitative estimate of drug-likeness (QED) is 0.224. The number of hydrogen-bond acceptors (Lipinski definition) is 6. The Bertz CT molecular complexity index is 1470. The first-order valence-corrected chi connectivity index (χ1v) is 12.0. The monoisotopic (exact) mass is 567 g/mol. The first-order valence-electron chi connectivity index (χ1n) is 10.9. The number of nitrogens with two attached hydrogens (primary N) is 1. The molecule has 5 aromatic rings. The summed E-state index contributed by atoms with van der Waals surface area (Å²) in [4.78, 5) is 19.6. The average molecular weight is 568 g/mol. The number of halogens is 3. The maximum Gasteiger partial charge on any atom is 0.254 e. The van der Waals surface area contributed by atoms with Crippen molar-refractivity contribution in [2.24, 2.45) is 5.73 Å². The second-order valence-corrected chi connectivity index (χ2v) is 8.07. The number of alkyl halides is 1. The smallest absolute Gasteiger partial charge is 0.254 e. The SMILES string of the molecule is BrCc1nc(-c2ccccc2)co1.NC(=O)c1c(F)ccc(OCc2nc(-c3ccccc3)co2)c1F. The van der Waals surface area contributed by atoms with Crippen molar-refractivity contribution in [1.82, 2.24) is 9.97 Å². The fourth-order valence-corrected chi connectivity index (χ4v) is 3.50. The van der Waals surface area contributed by atoms with Gasteiger partial charge in [0.05, 0.1) is 5.33 Å². The molecule has 0 radical (unpaired) electrons. The molecule has 37 heavy (non-hydrogen) atoms. The van der Waals surface area contributed by atoms with Crippen LogP contribution in [0.3, 0.4) is 0 Å². The molecule has 0 bridgehead atoms. The van der Waals surface area contributed by atoms with Crippen LogP contribution in [-0.2, 0) is 11.9 Å². The van der Waals surface area contributed by atoms with E-state index in [2.05, 4.69) is 25.9 Å². The van der Waals surface area contributed by atoms with Crippen LogP contribution in [-0.4, -0.2) is 15.9 Å². The van der Waals surface area contributed by atoms with Crippen molar-refractivity contribution >= 4 is 21.8 Å². The molecule has 3 aromatic carbocycles. The fraction of sp³-hybridized carbons (Fsp3) is 0.0741. The van der Waals surface area contributed by atoms with E-state index in [1.165, 1.54) is 6.26 Å². The first kappa shape index (κ1) is 25.8. The van der Waals surface area contributed by atoms with Gasteiger partial charge in [0.15, 0.2) is 18.2 Å². The summed E-state index contributed by atoms with van der Waals surface area (Å²) in [5, 5.41) is 0.653. The summed E-state index contributed by atoms with van der Waals surface area (Å²) in [5.41, 5.74) is 7.54. The van der Waals surface area contributed by atoms with Gasteiger partial charge in [-0.25, -0.2) is 18.7 Å². The molecule has 1 amide bonds. The highest BCUT2D eigenvalue weighted by Crippen LogP contribution is 2.25. The molecule has 0 unspecified atom stereocenters. The number of ether oxygens (including phenoxy) is 1. The van der Waals surface area contributed by atoms with Crippen LogP contribution in [0.25, 0.3) is 22.5 Å². The van der Waals surface area contributed by atoms with Crippen molar-refractivity contribution in [1.29, 1.82) is 0 Å². The normalized spacial score (nSPS) is 10.5. The van der Waals surface area contributed by atoms with Gasteiger partial charge < -0.3 is 19.3 Å². The average Bonchev–Trinajstić information content (AvgIpc) is 3.60. The van der Waals surface area contributed by atoms with E-state index in [1.54, 1.807) is 6.26 Å². The van der Waals surface area contributed by atoms with Gasteiger partial charge in [0.1, 0.15) is 35.3 Å². The fourth-order valence-electron chi connectivity index (χ4n) is 3.24. The van der Waals surface area contributed by atoms with Crippen LogP contribution in [0.5, 0.6) is 5.75 Å². The molecule has 0 saturated heterocycles. The summed E-state index contributed by atoms with van der Waals surface area (Å²) < 4.78 is 43.1. The van der Waals surface area contributed by atoms with Gasteiger partial charge in [-0.3, -0.25) is 4.79 Å². The van der Waals surface area contributed by atoms with E-state index < -0.39 is 23.1 Å². The second-order valence-electron chi connectivity index (χ2n) is 7.51. The highest BCUT2D eigenvalue weighted by molar-refractivity contribution is 9.08. The molecule has 10 heteroatoms. The molecular formula is C27H20BrF2N3O4. The van der Waals surface area contributed by atoms with Crippen LogP contribution >= 0.6 is 15.9 Å². The topological polar surface area (TPSA) is 104 Å². The maximum atomic E-state index is 14.0. The number of oxazole rings is 2. The van der Waals surface area contributed by atoms with E-state index in [0.29, 0.717) is 16.9 Å². The van der Waals surface area contributed by atoms with Crippen LogP contribution in [0.4, 0.5) is 8.78 Å². The Balaban J connectivity index is 0.000000207. The third-order valence-corrected chi connectivity index (χ3v) is 5.49. The Hall–Kier alpha value is -4.31. The number of carbonyl (C=O) groups is 1. The minimum absolute atomic E-state index is 0.187. The van der Waals surface area contributed by atoms with Crippen LogP contribution < -0.4 is 10.5 Å². The Labute approximate surface area is 219 Å². The summed E-state index contributed by atoms with van der Waals surface area (Å²) in [7, 11) is 0. The highest BCUT2D eigenvalue weighted by Gasteiger charge is 2.19. The van der Waals surface area contributed by atoms with Crippen LogP contribution in [0.1, 0.15) is 22.1 Å². The maximum absolute atomic E-state index is 14.0. The molecule has 0 aliphatic carbocycles. The zero-order chi connectivity index (χ0) is 26.2. The van der Waals surface area contributed by atoms with Crippen LogP contribution in [0.2, 0.25) is 0 Å². The molecule has 0 aliphatic rings. The van der Waals surface area contributed by atoms with Crippen molar-refractivity contribution in [3.63, 3.8) is 0 Å². The van der Waals surface area contributed by atoms with Gasteiger partial charge in [-0.2, -0.15) is 0 Å². The minimum Gasteiger partial charge on any atom is -0.481 e. The zero-order valence-corrected chi connectivity index (χ0v) is 20.8. The van der Waals surface area contributed by atoms with Crippen molar-refractivity contribution < 1.29 is 27.1 Å². The third kappa shape index (κ3) is 6.47. The number of rotatable bonds is 7. The number of nitrogens with zero attached hydrogens (tertiary/aromatic N) is 2. The van der Waals surface area contributed by atoms with Crippen LogP contribution in [0, 0.1) is 11.6 Å². The Kier molecular flexibility index (Phi) is 8.42. The van der Waals surface area contributed by atoms with E-state index in [0.717, 1.165) is 29.0 Å². The Morgan fingerprint density at radius 2 is 1.38 bits per heavy atom. The lowest BCUT2D eigenvalue weighted by Gasteiger charge is -2.08. The third-order valence-electron chi connectivity index (χ3n) is 5.01. The Morgan fingerprint density at radius 1 is 0.838 bits per heavy atom. The summed E-state index contributed by atoms with van der Waals surface area (Å²) in [6.07, 6.45) is 3.12. The van der Waals surface area contributed by atoms with Gasteiger partial charge in [-0.1, -0.05) is 76.6 Å². The number of amides is 1. The molecule has 2 heterocycles. The van der Waals surface area contributed by atoms with E-state index in [4.69, 9.17) is 19.3 Å². The second kappa shape index (κ2) is 12.1. The number of carbonyl (C=O) groups excluding carboxylic acids is 1. The molecule has 0 fully saturated rings. The number of primary amides is 1. The van der Waals surface area contributed by atoms with Gasteiger partial charge in [0, 0.05) is 11.1 Å². The first-order chi connectivity index (χ1) is 18.0. The zero-order valence-electron chi connectivity index (χ0n) is 19.2. The lowest BCUT2D eigenvalue weighted by atomic mass is 10.1. The molecule has 5 rings (SSSR count). The number of aromatic nitrogens is 2. The van der Waals surface area contributed by atoms with Crippen molar-refractivity contribution in [2.75, 3.05) is 0 Å². The molecular weight excluding hydrogens is 548 g/mol. The predicted octanol–water partition coefficient (Wildman–Crippen LogP) is 6.53. The van der Waals surface area contributed by atoms with Gasteiger partial charge in [0.2, 0.25) is 11.8 Å². The molecule has 2 aromatic heterocycles. The van der Waals surface area contributed by atoms with Gasteiger partial charge in [0.25, 0.3) is 5.91 Å². The number of benzene rings is 3. The van der Waals surface area contributed by atoms with Gasteiger partial charge in [-0.15, -0.1) is 0 Å². The lowest BCUT2D eigenvalue weighted by molar-refractivity contribution is 0.0991. The molecule has 188 valence electrons. The Morgan fingerprint density at radius 3 is 1.89 bits per heavy atom. The molecule has 2 N–H and O–H groups in total. The van der Waals surface area contributed by atoms with E-state index in [9.17, 15) is 13.6 Å².